The molecule has 2 unspecified atom stereocenters. The molecular weight excluding hydrogens is 493 g/mol. The molecule has 164 valence electrons. The smallest absolute Gasteiger partial charge is 0.287 e. The summed E-state index contributed by atoms with van der Waals surface area (Å²) >= 11 is 0. The van der Waals surface area contributed by atoms with Crippen LogP contribution in [0.5, 0.6) is 0 Å². The topological polar surface area (TPSA) is 81.9 Å². The quantitative estimate of drug-likeness (QED) is 0.224. The highest BCUT2D eigenvalue weighted by Crippen LogP contribution is 2.19. The van der Waals surface area contributed by atoms with Gasteiger partial charge in [-0.1, -0.05) is 30.3 Å². The van der Waals surface area contributed by atoms with Crippen LogP contribution in [0.15, 0.2) is 58.1 Å². The number of nitrogens with zero attached hydrogens (tertiary/aromatic N) is 2. The third kappa shape index (κ3) is 7.32. The van der Waals surface area contributed by atoms with Gasteiger partial charge in [-0.15, -0.1) is 24.0 Å². The number of furan rings is 1. The molecule has 0 bridgehead atoms. The molecule has 0 radical (unpaired) electrons. The van der Waals surface area contributed by atoms with Gasteiger partial charge in [0.1, 0.15) is 0 Å². The number of amides is 1. The van der Waals surface area contributed by atoms with Crippen LogP contribution in [0.25, 0.3) is 0 Å². The molecule has 8 heteroatoms. The summed E-state index contributed by atoms with van der Waals surface area (Å²) in [5.74, 6) is 0.883. The molecule has 2 heterocycles. The maximum atomic E-state index is 11.9. The first-order valence-corrected chi connectivity index (χ1v) is 10.2. The van der Waals surface area contributed by atoms with Crippen molar-refractivity contribution in [2.75, 3.05) is 26.7 Å². The molecule has 3 rings (SSSR count). The highest BCUT2D eigenvalue weighted by atomic mass is 127. The lowest BCUT2D eigenvalue weighted by atomic mass is 9.97. The van der Waals surface area contributed by atoms with Crippen molar-refractivity contribution in [2.45, 2.75) is 38.4 Å². The van der Waals surface area contributed by atoms with Gasteiger partial charge in [0.05, 0.1) is 6.26 Å². The van der Waals surface area contributed by atoms with Crippen LogP contribution in [0.2, 0.25) is 0 Å². The number of hydrogen-bond donors (Lipinski definition) is 3. The molecule has 2 aromatic rings. The molecule has 1 aromatic heterocycles. The first-order valence-electron chi connectivity index (χ1n) is 10.2. The van der Waals surface area contributed by atoms with Crippen LogP contribution in [0.3, 0.4) is 0 Å². The number of nitrogens with one attached hydrogen (secondary N) is 3. The van der Waals surface area contributed by atoms with Crippen LogP contribution in [0, 0.1) is 0 Å². The Kier molecular flexibility index (Phi) is 10.2. The lowest BCUT2D eigenvalue weighted by Gasteiger charge is -2.38. The summed E-state index contributed by atoms with van der Waals surface area (Å²) in [6, 6.07) is 14.9. The van der Waals surface area contributed by atoms with E-state index in [0.29, 0.717) is 30.9 Å². The number of carbonyl (C=O) groups excluding carboxylic acids is 1. The monoisotopic (exact) mass is 525 g/mol. The molecule has 0 spiro atoms. The van der Waals surface area contributed by atoms with Gasteiger partial charge in [-0.05, 0) is 37.5 Å². The largest absolute Gasteiger partial charge is 0.459 e. The Labute approximate surface area is 195 Å². The number of piperidine rings is 1. The van der Waals surface area contributed by atoms with E-state index in [1.54, 1.807) is 19.2 Å². The SMILES string of the molecule is CN=C(NCCNC(=O)c1ccco1)NC1CCN(Cc2ccccc2)C(C)C1.I. The van der Waals surface area contributed by atoms with Crippen LogP contribution < -0.4 is 16.0 Å². The fraction of sp³-hybridized carbons (Fsp3) is 0.455. The van der Waals surface area contributed by atoms with Crippen LogP contribution in [-0.2, 0) is 6.54 Å². The second-order valence-electron chi connectivity index (χ2n) is 7.40. The maximum Gasteiger partial charge on any atom is 0.287 e. The van der Waals surface area contributed by atoms with Gasteiger partial charge < -0.3 is 20.4 Å². The third-order valence-electron chi connectivity index (χ3n) is 5.25. The van der Waals surface area contributed by atoms with Gasteiger partial charge in [0.15, 0.2) is 11.7 Å². The molecule has 2 atom stereocenters. The molecule has 1 aromatic carbocycles. The number of carbonyl (C=O) groups is 1. The van der Waals surface area contributed by atoms with Crippen molar-refractivity contribution < 1.29 is 9.21 Å². The molecule has 0 aliphatic carbocycles. The summed E-state index contributed by atoms with van der Waals surface area (Å²) in [5.41, 5.74) is 1.36. The average Bonchev–Trinajstić information content (AvgIpc) is 3.28. The molecule has 1 amide bonds. The Morgan fingerprint density at radius 3 is 2.60 bits per heavy atom. The van der Waals surface area contributed by atoms with Gasteiger partial charge in [-0.2, -0.15) is 0 Å². The number of guanidine groups is 1. The minimum atomic E-state index is -0.209. The van der Waals surface area contributed by atoms with Crippen molar-refractivity contribution in [1.82, 2.24) is 20.9 Å². The average molecular weight is 525 g/mol. The first-order chi connectivity index (χ1) is 14.2. The van der Waals surface area contributed by atoms with Gasteiger partial charge in [0.2, 0.25) is 0 Å². The lowest BCUT2D eigenvalue weighted by molar-refractivity contribution is 0.0926. The minimum absolute atomic E-state index is 0. The molecule has 1 fully saturated rings. The number of aliphatic imine (C=N–C) groups is 1. The highest BCUT2D eigenvalue weighted by molar-refractivity contribution is 14.0. The number of benzene rings is 1. The summed E-state index contributed by atoms with van der Waals surface area (Å²) in [7, 11) is 1.77. The lowest BCUT2D eigenvalue weighted by Crippen LogP contribution is -2.52. The summed E-state index contributed by atoms with van der Waals surface area (Å²) in [6.07, 6.45) is 3.64. The van der Waals surface area contributed by atoms with Gasteiger partial charge in [-0.3, -0.25) is 14.7 Å². The molecule has 1 aliphatic rings. The van der Waals surface area contributed by atoms with E-state index in [-0.39, 0.29) is 29.9 Å². The van der Waals surface area contributed by atoms with Crippen LogP contribution in [0.4, 0.5) is 0 Å². The van der Waals surface area contributed by atoms with E-state index in [1.807, 2.05) is 0 Å². The van der Waals surface area contributed by atoms with E-state index in [0.717, 1.165) is 31.9 Å². The molecule has 0 saturated carbocycles. The van der Waals surface area contributed by atoms with E-state index in [1.165, 1.54) is 11.8 Å². The van der Waals surface area contributed by atoms with Crippen molar-refractivity contribution in [2.24, 2.45) is 4.99 Å². The maximum absolute atomic E-state index is 11.9. The fourth-order valence-electron chi connectivity index (χ4n) is 3.64. The second kappa shape index (κ2) is 12.6. The van der Waals surface area contributed by atoms with Gasteiger partial charge >= 0.3 is 0 Å². The number of hydrogen-bond acceptors (Lipinski definition) is 4. The molecular formula is C22H32IN5O2. The zero-order valence-corrected chi connectivity index (χ0v) is 20.0. The van der Waals surface area contributed by atoms with E-state index < -0.39 is 0 Å². The predicted octanol–water partition coefficient (Wildman–Crippen LogP) is 2.85. The van der Waals surface area contributed by atoms with Gasteiger partial charge in [0.25, 0.3) is 5.91 Å². The summed E-state index contributed by atoms with van der Waals surface area (Å²) < 4.78 is 5.08. The van der Waals surface area contributed by atoms with Crippen LogP contribution in [0.1, 0.15) is 35.9 Å². The number of rotatable bonds is 7. The minimum Gasteiger partial charge on any atom is -0.459 e. The van der Waals surface area contributed by atoms with E-state index >= 15 is 0 Å². The van der Waals surface area contributed by atoms with E-state index in [2.05, 4.69) is 63.1 Å². The van der Waals surface area contributed by atoms with Crippen LogP contribution >= 0.6 is 24.0 Å². The zero-order valence-electron chi connectivity index (χ0n) is 17.6. The van der Waals surface area contributed by atoms with Crippen molar-refractivity contribution in [3.05, 3.63) is 60.1 Å². The van der Waals surface area contributed by atoms with E-state index in [9.17, 15) is 4.79 Å². The number of likely N-dealkylation sites (tertiary alicyclic amines) is 1. The van der Waals surface area contributed by atoms with Crippen LogP contribution in [-0.4, -0.2) is 55.5 Å². The molecule has 7 nitrogen and oxygen atoms in total. The van der Waals surface area contributed by atoms with Crippen molar-refractivity contribution in [3.8, 4) is 0 Å². The van der Waals surface area contributed by atoms with Gasteiger partial charge in [0, 0.05) is 45.3 Å². The molecule has 1 saturated heterocycles. The Morgan fingerprint density at radius 2 is 1.93 bits per heavy atom. The molecule has 3 N–H and O–H groups in total. The normalized spacial score (nSPS) is 19.6. The third-order valence-corrected chi connectivity index (χ3v) is 5.25. The first kappa shape index (κ1) is 24.2. The standard InChI is InChI=1S/C22H31N5O2.HI/c1-17-15-19(10-13-27(17)16-18-7-4-3-5-8-18)26-22(23-2)25-12-11-24-21(28)20-9-6-14-29-20;/h3-9,14,17,19H,10-13,15-16H2,1-2H3,(H,24,28)(H2,23,25,26);1H. The van der Waals surface area contributed by atoms with E-state index in [4.69, 9.17) is 4.42 Å². The molecule has 1 aliphatic heterocycles. The molecule has 30 heavy (non-hydrogen) atoms. The predicted molar refractivity (Wildman–Crippen MR) is 130 cm³/mol. The Bertz CT molecular complexity index is 782. The Hall–Kier alpha value is -2.07. The van der Waals surface area contributed by atoms with Crippen molar-refractivity contribution in [1.29, 1.82) is 0 Å². The highest BCUT2D eigenvalue weighted by Gasteiger charge is 2.25. The summed E-state index contributed by atoms with van der Waals surface area (Å²) in [5, 5.41) is 9.60. The van der Waals surface area contributed by atoms with Crippen molar-refractivity contribution >= 4 is 35.8 Å². The summed E-state index contributed by atoms with van der Waals surface area (Å²) in [4.78, 5) is 18.7. The Morgan fingerprint density at radius 1 is 1.17 bits per heavy atom. The number of halogens is 1. The summed E-state index contributed by atoms with van der Waals surface area (Å²) in [6.45, 7) is 5.43. The Balaban J connectivity index is 0.00000320. The zero-order chi connectivity index (χ0) is 20.5. The fourth-order valence-corrected chi connectivity index (χ4v) is 3.64. The van der Waals surface area contributed by atoms with Gasteiger partial charge in [-0.25, -0.2) is 0 Å². The second-order valence-corrected chi connectivity index (χ2v) is 7.40. The van der Waals surface area contributed by atoms with Crippen molar-refractivity contribution in [3.63, 3.8) is 0 Å².